The molecule has 7 heteroatoms. The van der Waals surface area contributed by atoms with Crippen LogP contribution in [0.4, 0.5) is 30.7 Å². The first kappa shape index (κ1) is 9.60. The lowest BCUT2D eigenvalue weighted by molar-refractivity contribution is -0.468. The van der Waals surface area contributed by atoms with Gasteiger partial charge in [-0.15, -0.1) is 0 Å². The van der Waals surface area contributed by atoms with Crippen molar-refractivity contribution >= 4 is 0 Å². The fourth-order valence-electron chi connectivity index (χ4n) is 0.921. The van der Waals surface area contributed by atoms with E-state index < -0.39 is 23.4 Å². The van der Waals surface area contributed by atoms with Crippen LogP contribution in [0.2, 0.25) is 0 Å². The van der Waals surface area contributed by atoms with Crippen molar-refractivity contribution < 1.29 is 30.7 Å². The Morgan fingerprint density at radius 3 is 0.917 bits per heavy atom. The van der Waals surface area contributed by atoms with Crippen molar-refractivity contribution in [3.8, 4) is 0 Å². The summed E-state index contributed by atoms with van der Waals surface area (Å²) in [6.45, 7) is -0.246. The van der Waals surface area contributed by atoms with Crippen LogP contribution >= 0.6 is 0 Å². The first-order valence-electron chi connectivity index (χ1n) is 2.82. The van der Waals surface area contributed by atoms with Gasteiger partial charge in [0.2, 0.25) is 5.67 Å². The molecule has 0 saturated heterocycles. The Balaban J connectivity index is 3.16. The van der Waals surface area contributed by atoms with Gasteiger partial charge in [-0.2, -0.15) is 26.3 Å². The number of alkyl halides is 7. The highest BCUT2D eigenvalue weighted by molar-refractivity contribution is 5.25. The van der Waals surface area contributed by atoms with E-state index in [1.807, 2.05) is 0 Å². The monoisotopic (exact) mass is 196 g/mol. The Hall–Kier alpha value is -0.490. The van der Waals surface area contributed by atoms with Gasteiger partial charge < -0.3 is 0 Å². The largest absolute Gasteiger partial charge is 0.379 e. The fourth-order valence-corrected chi connectivity index (χ4v) is 0.921. The summed E-state index contributed by atoms with van der Waals surface area (Å²) in [6.07, 6.45) is 0. The van der Waals surface area contributed by atoms with Crippen LogP contribution in [-0.2, 0) is 0 Å². The summed E-state index contributed by atoms with van der Waals surface area (Å²) < 4.78 is 83.9. The number of hydrogen-bond acceptors (Lipinski definition) is 0. The van der Waals surface area contributed by atoms with Gasteiger partial charge >= 0.3 is 17.8 Å². The molecule has 0 aliphatic heterocycles. The molecule has 0 aromatic rings. The van der Waals surface area contributed by atoms with E-state index in [-0.39, 0.29) is 6.92 Å². The van der Waals surface area contributed by atoms with Crippen molar-refractivity contribution in [3.05, 3.63) is 0 Å². The second-order valence-electron chi connectivity index (χ2n) is 2.73. The van der Waals surface area contributed by atoms with Crippen molar-refractivity contribution in [1.29, 1.82) is 0 Å². The lowest BCUT2D eigenvalue weighted by Crippen LogP contribution is -2.83. The Morgan fingerprint density at radius 1 is 0.583 bits per heavy atom. The van der Waals surface area contributed by atoms with Crippen LogP contribution in [0.3, 0.4) is 0 Å². The average molecular weight is 196 g/mol. The SMILES string of the molecule is CC1(F)C(F)(F)C(F)(F)C1(F)F. The number of hydrogen-bond donors (Lipinski definition) is 0. The molecule has 1 saturated carbocycles. The van der Waals surface area contributed by atoms with E-state index in [2.05, 4.69) is 0 Å². The Labute approximate surface area is 62.4 Å². The average Bonchev–Trinajstić information content (AvgIpc) is 1.84. The zero-order valence-corrected chi connectivity index (χ0v) is 5.65. The van der Waals surface area contributed by atoms with Crippen LogP contribution in [0, 0.1) is 0 Å². The maximum absolute atomic E-state index is 12.3. The highest BCUT2D eigenvalue weighted by Crippen LogP contribution is 2.68. The fraction of sp³-hybridized carbons (Fsp3) is 1.00. The van der Waals surface area contributed by atoms with Crippen LogP contribution < -0.4 is 0 Å². The minimum Gasteiger partial charge on any atom is -0.230 e. The molecule has 0 nitrogen and oxygen atoms in total. The Kier molecular flexibility index (Phi) is 1.38. The molecule has 1 fully saturated rings. The smallest absolute Gasteiger partial charge is 0.230 e. The zero-order chi connectivity index (χ0) is 10.0. The number of rotatable bonds is 0. The molecule has 0 N–H and O–H groups in total. The second-order valence-corrected chi connectivity index (χ2v) is 2.73. The predicted molar refractivity (Wildman–Crippen MR) is 24.4 cm³/mol. The second kappa shape index (κ2) is 1.72. The van der Waals surface area contributed by atoms with Gasteiger partial charge in [-0.1, -0.05) is 0 Å². The Bertz CT molecular complexity index is 152. The van der Waals surface area contributed by atoms with E-state index in [1.54, 1.807) is 0 Å². The highest BCUT2D eigenvalue weighted by atomic mass is 19.4. The quantitative estimate of drug-likeness (QED) is 0.522. The lowest BCUT2D eigenvalue weighted by atomic mass is 9.71. The molecule has 0 unspecified atom stereocenters. The third-order valence-corrected chi connectivity index (χ3v) is 1.97. The molecule has 0 heterocycles. The van der Waals surface area contributed by atoms with Crippen LogP contribution in [0.1, 0.15) is 6.92 Å². The maximum Gasteiger partial charge on any atom is 0.379 e. The van der Waals surface area contributed by atoms with Crippen molar-refractivity contribution in [3.63, 3.8) is 0 Å². The van der Waals surface area contributed by atoms with Gasteiger partial charge in [-0.25, -0.2) is 4.39 Å². The predicted octanol–water partition coefficient (Wildman–Crippen LogP) is 2.63. The normalized spacial score (nSPS) is 34.0. The lowest BCUT2D eigenvalue weighted by Gasteiger charge is -2.52. The van der Waals surface area contributed by atoms with Crippen LogP contribution in [0.25, 0.3) is 0 Å². The molecule has 1 aliphatic carbocycles. The van der Waals surface area contributed by atoms with Gasteiger partial charge in [0.1, 0.15) is 0 Å². The summed E-state index contributed by atoms with van der Waals surface area (Å²) in [6, 6.07) is 0. The van der Waals surface area contributed by atoms with Crippen molar-refractivity contribution in [2.24, 2.45) is 0 Å². The summed E-state index contributed by atoms with van der Waals surface area (Å²) in [5, 5.41) is 0. The van der Waals surface area contributed by atoms with E-state index in [4.69, 9.17) is 0 Å². The summed E-state index contributed by atoms with van der Waals surface area (Å²) in [4.78, 5) is 0. The van der Waals surface area contributed by atoms with Gasteiger partial charge in [0, 0.05) is 0 Å². The van der Waals surface area contributed by atoms with Gasteiger partial charge in [-0.3, -0.25) is 0 Å². The third kappa shape index (κ3) is 0.546. The van der Waals surface area contributed by atoms with Crippen molar-refractivity contribution in [2.75, 3.05) is 0 Å². The molecule has 12 heavy (non-hydrogen) atoms. The Morgan fingerprint density at radius 2 is 0.833 bits per heavy atom. The molecule has 0 bridgehead atoms. The van der Waals surface area contributed by atoms with Crippen molar-refractivity contribution in [2.45, 2.75) is 30.4 Å². The molecular weight excluding hydrogens is 193 g/mol. The van der Waals surface area contributed by atoms with Crippen LogP contribution in [-0.4, -0.2) is 23.4 Å². The highest BCUT2D eigenvalue weighted by Gasteiger charge is 2.98. The van der Waals surface area contributed by atoms with Gasteiger partial charge in [-0.05, 0) is 6.92 Å². The van der Waals surface area contributed by atoms with Crippen LogP contribution in [0.5, 0.6) is 0 Å². The zero-order valence-electron chi connectivity index (χ0n) is 5.65. The minimum absolute atomic E-state index is 0.246. The van der Waals surface area contributed by atoms with Gasteiger partial charge in [0.15, 0.2) is 0 Å². The molecule has 0 aromatic carbocycles. The molecule has 0 amide bonds. The summed E-state index contributed by atoms with van der Waals surface area (Å²) in [7, 11) is 0. The van der Waals surface area contributed by atoms with E-state index >= 15 is 0 Å². The van der Waals surface area contributed by atoms with Gasteiger partial charge in [0.05, 0.1) is 0 Å². The minimum atomic E-state index is -5.59. The van der Waals surface area contributed by atoms with Gasteiger partial charge in [0.25, 0.3) is 0 Å². The molecule has 0 spiro atoms. The summed E-state index contributed by atoms with van der Waals surface area (Å²) in [5.41, 5.74) is -4.47. The molecule has 72 valence electrons. The molecule has 0 atom stereocenters. The molecule has 0 aromatic heterocycles. The molecular formula is C5H3F7. The molecule has 0 radical (unpaired) electrons. The first-order chi connectivity index (χ1) is 5.00. The number of halogens is 7. The van der Waals surface area contributed by atoms with Crippen LogP contribution in [0.15, 0.2) is 0 Å². The molecule has 1 rings (SSSR count). The van der Waals surface area contributed by atoms with Crippen molar-refractivity contribution in [1.82, 2.24) is 0 Å². The summed E-state index contributed by atoms with van der Waals surface area (Å²) >= 11 is 0. The maximum atomic E-state index is 12.3. The summed E-state index contributed by atoms with van der Waals surface area (Å²) in [5.74, 6) is -16.2. The third-order valence-electron chi connectivity index (χ3n) is 1.97. The van der Waals surface area contributed by atoms with E-state index in [1.165, 1.54) is 0 Å². The van der Waals surface area contributed by atoms with E-state index in [0.29, 0.717) is 0 Å². The van der Waals surface area contributed by atoms with E-state index in [9.17, 15) is 30.7 Å². The first-order valence-corrected chi connectivity index (χ1v) is 2.82. The van der Waals surface area contributed by atoms with E-state index in [0.717, 1.165) is 0 Å². The standard InChI is InChI=1S/C5H3F7/c1-2(6)3(7,8)5(11,12)4(2,9)10/h1H3. The topological polar surface area (TPSA) is 0 Å². The molecule has 1 aliphatic rings.